The number of aliphatic hydroxyl groups is 1. The summed E-state index contributed by atoms with van der Waals surface area (Å²) in [7, 11) is 3.91. The molecule has 3 nitrogen and oxygen atoms in total. The van der Waals surface area contributed by atoms with Crippen molar-refractivity contribution in [1.82, 2.24) is 10.4 Å². The molecule has 1 rings (SSSR count). The summed E-state index contributed by atoms with van der Waals surface area (Å²) in [5, 5.41) is 12.0. The third kappa shape index (κ3) is 3.63. The van der Waals surface area contributed by atoms with Gasteiger partial charge in [0.1, 0.15) is 0 Å². The maximum absolute atomic E-state index is 10.1. The second-order valence-electron chi connectivity index (χ2n) is 4.64. The second-order valence-corrected chi connectivity index (χ2v) is 4.64. The molecule has 0 heterocycles. The minimum Gasteiger partial charge on any atom is -0.389 e. The summed E-state index contributed by atoms with van der Waals surface area (Å²) in [5.74, 6) is 0.791. The van der Waals surface area contributed by atoms with Crippen LogP contribution in [0.3, 0.4) is 0 Å². The van der Waals surface area contributed by atoms with Gasteiger partial charge in [0.2, 0.25) is 0 Å². The number of nitrogens with one attached hydrogen (secondary N) is 1. The second kappa shape index (κ2) is 4.40. The van der Waals surface area contributed by atoms with Crippen molar-refractivity contribution >= 4 is 0 Å². The van der Waals surface area contributed by atoms with Crippen LogP contribution in [0.4, 0.5) is 0 Å². The highest BCUT2D eigenvalue weighted by Gasteiger charge is 2.31. The molecule has 0 bridgehead atoms. The Kier molecular flexibility index (Phi) is 3.71. The van der Waals surface area contributed by atoms with Crippen LogP contribution in [0, 0.1) is 5.92 Å². The van der Waals surface area contributed by atoms with Crippen LogP contribution < -0.4 is 5.43 Å². The average molecular weight is 186 g/mol. The highest BCUT2D eigenvalue weighted by molar-refractivity contribution is 4.85. The Balaban J connectivity index is 2.30. The minimum atomic E-state index is -0.462. The van der Waals surface area contributed by atoms with Gasteiger partial charge in [-0.1, -0.05) is 6.92 Å². The van der Waals surface area contributed by atoms with Crippen molar-refractivity contribution in [3.05, 3.63) is 0 Å². The molecule has 0 unspecified atom stereocenters. The maximum atomic E-state index is 10.1. The number of nitrogens with zero attached hydrogens (tertiary/aromatic N) is 1. The third-order valence-electron chi connectivity index (χ3n) is 2.93. The summed E-state index contributed by atoms with van der Waals surface area (Å²) in [4.78, 5) is 0. The van der Waals surface area contributed by atoms with Crippen LogP contribution in [-0.4, -0.2) is 36.4 Å². The highest BCUT2D eigenvalue weighted by Crippen LogP contribution is 2.31. The highest BCUT2D eigenvalue weighted by atomic mass is 16.3. The lowest BCUT2D eigenvalue weighted by molar-refractivity contribution is -0.0178. The largest absolute Gasteiger partial charge is 0.389 e. The molecule has 1 saturated carbocycles. The molecule has 0 atom stereocenters. The van der Waals surface area contributed by atoms with Crippen LogP contribution in [0.2, 0.25) is 0 Å². The molecule has 3 heteroatoms. The zero-order chi connectivity index (χ0) is 9.90. The number of rotatable bonds is 3. The Labute approximate surface area is 81.1 Å². The van der Waals surface area contributed by atoms with Crippen LogP contribution in [0.15, 0.2) is 0 Å². The molecule has 1 aliphatic rings. The SMILES string of the molecule is CC1CCC(O)(CNN(C)C)CC1. The minimum absolute atomic E-state index is 0.462. The van der Waals surface area contributed by atoms with E-state index < -0.39 is 5.60 Å². The summed E-state index contributed by atoms with van der Waals surface area (Å²) in [6.45, 7) is 2.95. The standard InChI is InChI=1S/C10H22N2O/c1-9-4-6-10(13,7-5-9)8-11-12(2)3/h9,11,13H,4-8H2,1-3H3. The van der Waals surface area contributed by atoms with Crippen LogP contribution in [-0.2, 0) is 0 Å². The normalized spacial score (nSPS) is 35.3. The molecule has 0 aliphatic heterocycles. The fourth-order valence-corrected chi connectivity index (χ4v) is 1.78. The maximum Gasteiger partial charge on any atom is 0.0785 e. The lowest BCUT2D eigenvalue weighted by Crippen LogP contribution is -2.47. The average Bonchev–Trinajstić information content (AvgIpc) is 2.08. The molecule has 0 aromatic carbocycles. The van der Waals surface area contributed by atoms with Crippen molar-refractivity contribution < 1.29 is 5.11 Å². The van der Waals surface area contributed by atoms with Crippen molar-refractivity contribution in [2.24, 2.45) is 5.92 Å². The Morgan fingerprint density at radius 3 is 2.38 bits per heavy atom. The summed E-state index contributed by atoms with van der Waals surface area (Å²) in [6, 6.07) is 0. The number of hydrogen-bond acceptors (Lipinski definition) is 3. The topological polar surface area (TPSA) is 35.5 Å². The van der Waals surface area contributed by atoms with Crippen LogP contribution in [0.5, 0.6) is 0 Å². The van der Waals surface area contributed by atoms with E-state index >= 15 is 0 Å². The molecular weight excluding hydrogens is 164 g/mol. The van der Waals surface area contributed by atoms with Gasteiger partial charge >= 0.3 is 0 Å². The monoisotopic (exact) mass is 186 g/mol. The van der Waals surface area contributed by atoms with Gasteiger partial charge in [-0.15, -0.1) is 0 Å². The van der Waals surface area contributed by atoms with Crippen LogP contribution >= 0.6 is 0 Å². The number of hydrazine groups is 1. The van der Waals surface area contributed by atoms with E-state index in [0.29, 0.717) is 6.54 Å². The molecular formula is C10H22N2O. The van der Waals surface area contributed by atoms with Crippen LogP contribution in [0.25, 0.3) is 0 Å². The first kappa shape index (κ1) is 11.0. The molecule has 0 aromatic rings. The molecule has 0 radical (unpaired) electrons. The van der Waals surface area contributed by atoms with Gasteiger partial charge in [-0.2, -0.15) is 0 Å². The van der Waals surface area contributed by atoms with E-state index in [1.165, 1.54) is 0 Å². The van der Waals surface area contributed by atoms with Gasteiger partial charge in [0, 0.05) is 20.6 Å². The molecule has 1 fully saturated rings. The third-order valence-corrected chi connectivity index (χ3v) is 2.93. The zero-order valence-electron chi connectivity index (χ0n) is 9.01. The van der Waals surface area contributed by atoms with Crippen molar-refractivity contribution in [2.75, 3.05) is 20.6 Å². The van der Waals surface area contributed by atoms with E-state index in [1.54, 1.807) is 0 Å². The Morgan fingerprint density at radius 2 is 1.92 bits per heavy atom. The fourth-order valence-electron chi connectivity index (χ4n) is 1.78. The van der Waals surface area contributed by atoms with Gasteiger partial charge in [-0.25, -0.2) is 0 Å². The Hall–Kier alpha value is -0.120. The van der Waals surface area contributed by atoms with Crippen molar-refractivity contribution in [2.45, 2.75) is 38.2 Å². The summed E-state index contributed by atoms with van der Waals surface area (Å²) < 4.78 is 0. The summed E-state index contributed by atoms with van der Waals surface area (Å²) in [5.41, 5.74) is 2.69. The molecule has 0 spiro atoms. The van der Waals surface area contributed by atoms with E-state index in [1.807, 2.05) is 19.1 Å². The van der Waals surface area contributed by atoms with Gasteiger partial charge in [0.25, 0.3) is 0 Å². The summed E-state index contributed by atoms with van der Waals surface area (Å²) >= 11 is 0. The zero-order valence-corrected chi connectivity index (χ0v) is 9.01. The quantitative estimate of drug-likeness (QED) is 0.645. The Bertz CT molecular complexity index is 151. The molecule has 0 saturated heterocycles. The van der Waals surface area contributed by atoms with E-state index in [9.17, 15) is 5.11 Å². The van der Waals surface area contributed by atoms with Crippen LogP contribution in [0.1, 0.15) is 32.6 Å². The van der Waals surface area contributed by atoms with Gasteiger partial charge < -0.3 is 5.11 Å². The van der Waals surface area contributed by atoms with E-state index in [0.717, 1.165) is 31.6 Å². The van der Waals surface area contributed by atoms with Gasteiger partial charge in [0.15, 0.2) is 0 Å². The predicted molar refractivity (Wildman–Crippen MR) is 54.3 cm³/mol. The van der Waals surface area contributed by atoms with E-state index in [-0.39, 0.29) is 0 Å². The first-order valence-corrected chi connectivity index (χ1v) is 5.15. The van der Waals surface area contributed by atoms with Gasteiger partial charge in [-0.3, -0.25) is 10.4 Å². The molecule has 78 valence electrons. The first-order chi connectivity index (χ1) is 6.02. The van der Waals surface area contributed by atoms with E-state index in [4.69, 9.17) is 0 Å². The molecule has 13 heavy (non-hydrogen) atoms. The van der Waals surface area contributed by atoms with Gasteiger partial charge in [-0.05, 0) is 31.6 Å². The molecule has 0 amide bonds. The summed E-state index contributed by atoms with van der Waals surface area (Å²) in [6.07, 6.45) is 4.20. The molecule has 2 N–H and O–H groups in total. The lowest BCUT2D eigenvalue weighted by atomic mass is 9.80. The number of hydrogen-bond donors (Lipinski definition) is 2. The van der Waals surface area contributed by atoms with E-state index in [2.05, 4.69) is 12.3 Å². The lowest BCUT2D eigenvalue weighted by Gasteiger charge is -2.35. The predicted octanol–water partition coefficient (Wildman–Crippen LogP) is 0.994. The van der Waals surface area contributed by atoms with Gasteiger partial charge in [0.05, 0.1) is 5.60 Å². The molecule has 1 aliphatic carbocycles. The Morgan fingerprint density at radius 1 is 1.38 bits per heavy atom. The smallest absolute Gasteiger partial charge is 0.0785 e. The van der Waals surface area contributed by atoms with Crippen molar-refractivity contribution in [1.29, 1.82) is 0 Å². The molecule has 0 aromatic heterocycles. The van der Waals surface area contributed by atoms with Crippen molar-refractivity contribution in [3.8, 4) is 0 Å². The fraction of sp³-hybridized carbons (Fsp3) is 1.00. The van der Waals surface area contributed by atoms with Crippen molar-refractivity contribution in [3.63, 3.8) is 0 Å². The first-order valence-electron chi connectivity index (χ1n) is 5.15.